The van der Waals surface area contributed by atoms with Crippen molar-refractivity contribution in [1.82, 2.24) is 0 Å². The van der Waals surface area contributed by atoms with Crippen LogP contribution in [0.4, 0.5) is 0 Å². The van der Waals surface area contributed by atoms with E-state index < -0.39 is 6.10 Å². The van der Waals surface area contributed by atoms with Gasteiger partial charge in [-0.25, -0.2) is 0 Å². The highest BCUT2D eigenvalue weighted by Gasteiger charge is 2.26. The molecule has 0 bridgehead atoms. The first-order valence-electron chi connectivity index (χ1n) is 4.29. The predicted octanol–water partition coefficient (Wildman–Crippen LogP) is 2.20. The van der Waals surface area contributed by atoms with E-state index in [0.29, 0.717) is 11.6 Å². The Balaban J connectivity index is 2.49. The minimum atomic E-state index is -0.425. The van der Waals surface area contributed by atoms with Gasteiger partial charge in [0.05, 0.1) is 11.1 Å². The van der Waals surface area contributed by atoms with Crippen molar-refractivity contribution in [3.05, 3.63) is 28.8 Å². The topological polar surface area (TPSA) is 29.5 Å². The van der Waals surface area contributed by atoms with Crippen LogP contribution in [0.5, 0.6) is 5.75 Å². The Morgan fingerprint density at radius 1 is 1.54 bits per heavy atom. The second-order valence-electron chi connectivity index (χ2n) is 3.33. The average Bonchev–Trinajstić information content (AvgIpc) is 2.12. The van der Waals surface area contributed by atoms with Gasteiger partial charge < -0.3 is 9.84 Å². The summed E-state index contributed by atoms with van der Waals surface area (Å²) in [5, 5.41) is 10.2. The molecule has 0 saturated heterocycles. The van der Waals surface area contributed by atoms with Crippen LogP contribution < -0.4 is 4.74 Å². The van der Waals surface area contributed by atoms with E-state index in [4.69, 9.17) is 16.3 Å². The van der Waals surface area contributed by atoms with Gasteiger partial charge in [-0.05, 0) is 6.07 Å². The van der Waals surface area contributed by atoms with Crippen LogP contribution in [-0.2, 0) is 0 Å². The van der Waals surface area contributed by atoms with E-state index in [1.54, 1.807) is 6.07 Å². The van der Waals surface area contributed by atoms with Gasteiger partial charge in [0.25, 0.3) is 0 Å². The van der Waals surface area contributed by atoms with Crippen molar-refractivity contribution < 1.29 is 9.84 Å². The molecular weight excluding hydrogens is 188 g/mol. The number of rotatable bonds is 0. The summed E-state index contributed by atoms with van der Waals surface area (Å²) < 4.78 is 5.35. The summed E-state index contributed by atoms with van der Waals surface area (Å²) in [5.41, 5.74) is 0.992. The molecule has 0 amide bonds. The zero-order valence-corrected chi connectivity index (χ0v) is 8.08. The maximum absolute atomic E-state index is 9.55. The second-order valence-corrected chi connectivity index (χ2v) is 3.73. The minimum Gasteiger partial charge on any atom is -0.489 e. The van der Waals surface area contributed by atoms with Gasteiger partial charge >= 0.3 is 0 Å². The largest absolute Gasteiger partial charge is 0.489 e. The van der Waals surface area contributed by atoms with Crippen LogP contribution >= 0.6 is 11.6 Å². The lowest BCUT2D eigenvalue weighted by molar-refractivity contribution is 0.0714. The van der Waals surface area contributed by atoms with Gasteiger partial charge in [0, 0.05) is 11.5 Å². The van der Waals surface area contributed by atoms with Crippen LogP contribution in [-0.4, -0.2) is 17.8 Å². The van der Waals surface area contributed by atoms with Crippen LogP contribution in [0.2, 0.25) is 5.02 Å². The molecule has 70 valence electrons. The highest BCUT2D eigenvalue weighted by atomic mass is 35.5. The molecule has 0 radical (unpaired) electrons. The van der Waals surface area contributed by atoms with Crippen molar-refractivity contribution in [2.75, 3.05) is 6.61 Å². The Morgan fingerprint density at radius 2 is 2.31 bits per heavy atom. The maximum Gasteiger partial charge on any atom is 0.141 e. The van der Waals surface area contributed by atoms with E-state index in [2.05, 4.69) is 0 Å². The van der Waals surface area contributed by atoms with Gasteiger partial charge in [-0.2, -0.15) is 0 Å². The summed E-state index contributed by atoms with van der Waals surface area (Å²) in [6.07, 6.45) is -0.425. The highest BCUT2D eigenvalue weighted by molar-refractivity contribution is 6.32. The molecule has 2 nitrogen and oxygen atoms in total. The number of ether oxygens (including phenoxy) is 1. The molecule has 0 fully saturated rings. The molecule has 1 N–H and O–H groups in total. The Bertz CT molecular complexity index is 325. The normalized spacial score (nSPS) is 26.4. The van der Waals surface area contributed by atoms with E-state index in [1.165, 1.54) is 0 Å². The number of hydrogen-bond acceptors (Lipinski definition) is 2. The molecule has 0 aromatic heterocycles. The highest BCUT2D eigenvalue weighted by Crippen LogP contribution is 2.38. The van der Waals surface area contributed by atoms with E-state index >= 15 is 0 Å². The van der Waals surface area contributed by atoms with E-state index in [1.807, 2.05) is 19.1 Å². The number of para-hydroxylation sites is 1. The first-order chi connectivity index (χ1) is 6.20. The second kappa shape index (κ2) is 3.20. The molecule has 2 rings (SSSR count). The van der Waals surface area contributed by atoms with Gasteiger partial charge in [-0.1, -0.05) is 30.7 Å². The van der Waals surface area contributed by atoms with Crippen molar-refractivity contribution in [2.24, 2.45) is 0 Å². The third kappa shape index (κ3) is 1.40. The molecule has 1 aliphatic rings. The number of hydrogen-bond donors (Lipinski definition) is 1. The molecule has 13 heavy (non-hydrogen) atoms. The quantitative estimate of drug-likeness (QED) is 0.693. The number of fused-ring (bicyclic) bond motifs is 1. The lowest BCUT2D eigenvalue weighted by Crippen LogP contribution is -2.29. The lowest BCUT2D eigenvalue weighted by atomic mass is 9.93. The molecule has 0 aliphatic carbocycles. The van der Waals surface area contributed by atoms with Gasteiger partial charge in [-0.3, -0.25) is 0 Å². The van der Waals surface area contributed by atoms with Crippen molar-refractivity contribution >= 4 is 11.6 Å². The fourth-order valence-electron chi connectivity index (χ4n) is 1.56. The molecule has 1 heterocycles. The SMILES string of the molecule is C[C@H]1c2cccc(Cl)c2OC[C@H]1O. The van der Waals surface area contributed by atoms with Gasteiger partial charge in [0.2, 0.25) is 0 Å². The standard InChI is InChI=1S/C10H11ClO2/c1-6-7-3-2-4-8(11)10(7)13-5-9(6)12/h2-4,6,9,12H,5H2,1H3/t6-,9+/m0/s1. The minimum absolute atomic E-state index is 0.0995. The number of halogens is 1. The van der Waals surface area contributed by atoms with Crippen molar-refractivity contribution in [3.8, 4) is 5.75 Å². The van der Waals surface area contributed by atoms with Crippen LogP contribution in [0.25, 0.3) is 0 Å². The van der Waals surface area contributed by atoms with Crippen LogP contribution in [0.1, 0.15) is 18.4 Å². The molecule has 2 atom stereocenters. The van der Waals surface area contributed by atoms with Gasteiger partial charge in [0.15, 0.2) is 0 Å². The van der Waals surface area contributed by atoms with Crippen LogP contribution in [0.3, 0.4) is 0 Å². The van der Waals surface area contributed by atoms with E-state index in [-0.39, 0.29) is 5.92 Å². The number of benzene rings is 1. The Kier molecular flexibility index (Phi) is 2.18. The molecule has 1 aromatic rings. The third-order valence-electron chi connectivity index (χ3n) is 2.46. The molecule has 1 aliphatic heterocycles. The van der Waals surface area contributed by atoms with Crippen LogP contribution in [0.15, 0.2) is 18.2 Å². The smallest absolute Gasteiger partial charge is 0.141 e. The summed E-state index contributed by atoms with van der Waals surface area (Å²) in [6.45, 7) is 2.31. The van der Waals surface area contributed by atoms with Crippen molar-refractivity contribution in [3.63, 3.8) is 0 Å². The molecule has 0 unspecified atom stereocenters. The van der Waals surface area contributed by atoms with Gasteiger partial charge in [-0.15, -0.1) is 0 Å². The molecule has 0 saturated carbocycles. The predicted molar refractivity (Wildman–Crippen MR) is 51.4 cm³/mol. The fraction of sp³-hybridized carbons (Fsp3) is 0.400. The fourth-order valence-corrected chi connectivity index (χ4v) is 1.79. The summed E-state index contributed by atoms with van der Waals surface area (Å²) in [5.74, 6) is 0.824. The molecule has 0 spiro atoms. The summed E-state index contributed by atoms with van der Waals surface area (Å²) in [7, 11) is 0. The lowest BCUT2D eigenvalue weighted by Gasteiger charge is -2.28. The average molecular weight is 199 g/mol. The monoisotopic (exact) mass is 198 g/mol. The molecule has 1 aromatic carbocycles. The zero-order valence-electron chi connectivity index (χ0n) is 7.33. The maximum atomic E-state index is 9.55. The first-order valence-corrected chi connectivity index (χ1v) is 4.67. The van der Waals surface area contributed by atoms with Crippen molar-refractivity contribution in [2.45, 2.75) is 18.9 Å². The van der Waals surface area contributed by atoms with Gasteiger partial charge in [0.1, 0.15) is 12.4 Å². The number of aliphatic hydroxyl groups excluding tert-OH is 1. The summed E-state index contributed by atoms with van der Waals surface area (Å²) in [6, 6.07) is 5.61. The third-order valence-corrected chi connectivity index (χ3v) is 2.76. The first kappa shape index (κ1) is 8.85. The number of aliphatic hydroxyl groups is 1. The van der Waals surface area contributed by atoms with Crippen molar-refractivity contribution in [1.29, 1.82) is 0 Å². The Labute approximate surface area is 82.1 Å². The van der Waals surface area contributed by atoms with E-state index in [9.17, 15) is 5.11 Å². The molecular formula is C10H11ClO2. The van der Waals surface area contributed by atoms with Crippen LogP contribution in [0, 0.1) is 0 Å². The molecule has 3 heteroatoms. The Morgan fingerprint density at radius 3 is 3.08 bits per heavy atom. The Hall–Kier alpha value is -0.730. The summed E-state index contributed by atoms with van der Waals surface area (Å²) in [4.78, 5) is 0. The van der Waals surface area contributed by atoms with E-state index in [0.717, 1.165) is 11.3 Å². The summed E-state index contributed by atoms with van der Waals surface area (Å²) >= 11 is 5.95. The zero-order chi connectivity index (χ0) is 9.42.